The van der Waals surface area contributed by atoms with E-state index < -0.39 is 0 Å². The molecule has 0 atom stereocenters. The third-order valence-electron chi connectivity index (χ3n) is 3.69. The second kappa shape index (κ2) is 8.53. The summed E-state index contributed by atoms with van der Waals surface area (Å²) >= 11 is 1.51. The number of carbonyl (C=O) groups is 1. The molecule has 0 aliphatic carbocycles. The number of nitrogens with zero attached hydrogens (tertiary/aromatic N) is 1. The molecule has 3 aromatic rings. The van der Waals surface area contributed by atoms with E-state index in [0.29, 0.717) is 23.6 Å². The molecule has 134 valence electrons. The van der Waals surface area contributed by atoms with E-state index in [0.717, 1.165) is 16.4 Å². The summed E-state index contributed by atoms with van der Waals surface area (Å²) in [4.78, 5) is 19.5. The Morgan fingerprint density at radius 1 is 1.19 bits per heavy atom. The Bertz CT molecular complexity index is 863. The van der Waals surface area contributed by atoms with Gasteiger partial charge in [-0.25, -0.2) is 9.37 Å². The van der Waals surface area contributed by atoms with E-state index in [1.165, 1.54) is 23.9 Å². The first-order valence-electron chi connectivity index (χ1n) is 8.02. The fraction of sp³-hybridized carbons (Fsp3) is 0.158. The third-order valence-corrected chi connectivity index (χ3v) is 4.58. The zero-order valence-corrected chi connectivity index (χ0v) is 15.0. The number of imidazole rings is 1. The number of rotatable bonds is 7. The summed E-state index contributed by atoms with van der Waals surface area (Å²) < 4.78 is 18.0. The summed E-state index contributed by atoms with van der Waals surface area (Å²) in [7, 11) is 1.59. The number of carbonyl (C=O) groups excluding carboxylic acids is 1. The van der Waals surface area contributed by atoms with Crippen molar-refractivity contribution < 1.29 is 13.9 Å². The van der Waals surface area contributed by atoms with Crippen LogP contribution in [0.4, 0.5) is 4.39 Å². The molecule has 0 saturated carbocycles. The summed E-state index contributed by atoms with van der Waals surface area (Å²) in [6.45, 7) is 0.516. The van der Waals surface area contributed by atoms with Crippen molar-refractivity contribution >= 4 is 17.7 Å². The highest BCUT2D eigenvalue weighted by atomic mass is 32.2. The van der Waals surface area contributed by atoms with Crippen molar-refractivity contribution in [3.05, 3.63) is 66.1 Å². The number of hydrogen-bond donors (Lipinski definition) is 2. The molecule has 1 amide bonds. The molecule has 2 aromatic carbocycles. The highest BCUT2D eigenvalue weighted by molar-refractivity contribution is 7.99. The van der Waals surface area contributed by atoms with E-state index in [2.05, 4.69) is 15.3 Å². The minimum atomic E-state index is -0.268. The first-order chi connectivity index (χ1) is 12.7. The summed E-state index contributed by atoms with van der Waals surface area (Å²) in [6.07, 6.45) is 1.71. The molecule has 0 fully saturated rings. The van der Waals surface area contributed by atoms with Gasteiger partial charge in [-0.15, -0.1) is 0 Å². The number of amides is 1. The van der Waals surface area contributed by atoms with Gasteiger partial charge in [-0.05, 0) is 54.1 Å². The van der Waals surface area contributed by atoms with Crippen LogP contribution < -0.4 is 10.1 Å². The topological polar surface area (TPSA) is 67.0 Å². The molecule has 1 aromatic heterocycles. The molecular weight excluding hydrogens is 353 g/mol. The van der Waals surface area contributed by atoms with E-state index in [9.17, 15) is 9.18 Å². The van der Waals surface area contributed by atoms with Crippen LogP contribution in [0.2, 0.25) is 0 Å². The van der Waals surface area contributed by atoms with Crippen molar-refractivity contribution in [1.82, 2.24) is 15.3 Å². The lowest BCUT2D eigenvalue weighted by molar-refractivity contribution is 0.0956. The summed E-state index contributed by atoms with van der Waals surface area (Å²) in [5.74, 6) is 1.00. The van der Waals surface area contributed by atoms with E-state index in [1.807, 2.05) is 0 Å². The molecule has 7 heteroatoms. The van der Waals surface area contributed by atoms with E-state index in [4.69, 9.17) is 4.74 Å². The average Bonchev–Trinajstić information content (AvgIpc) is 3.14. The number of nitrogens with one attached hydrogen (secondary N) is 2. The Morgan fingerprint density at radius 3 is 2.62 bits per heavy atom. The number of methoxy groups -OCH3 is 1. The number of ether oxygens (including phenoxy) is 1. The molecule has 5 nitrogen and oxygen atoms in total. The molecule has 0 saturated heterocycles. The second-order valence-electron chi connectivity index (χ2n) is 5.44. The summed E-state index contributed by atoms with van der Waals surface area (Å²) in [5, 5.41) is 3.62. The van der Waals surface area contributed by atoms with Crippen LogP contribution in [0.15, 0.2) is 59.9 Å². The standard InChI is InChI=1S/C19H18FN3O2S/c1-25-16-8-4-14(5-9-16)18(24)21-10-11-26-19-22-12-17(23-19)13-2-6-15(20)7-3-13/h2-9,12H,10-11H2,1H3,(H,21,24)(H,22,23). The predicted molar refractivity (Wildman–Crippen MR) is 100 cm³/mol. The van der Waals surface area contributed by atoms with Gasteiger partial charge in [0.25, 0.3) is 5.91 Å². The minimum Gasteiger partial charge on any atom is -0.497 e. The lowest BCUT2D eigenvalue weighted by atomic mass is 10.2. The number of hydrogen-bond acceptors (Lipinski definition) is 4. The van der Waals surface area contributed by atoms with Crippen LogP contribution in [0.3, 0.4) is 0 Å². The highest BCUT2D eigenvalue weighted by Gasteiger charge is 2.07. The van der Waals surface area contributed by atoms with Gasteiger partial charge in [-0.2, -0.15) is 0 Å². The Hall–Kier alpha value is -2.80. The zero-order chi connectivity index (χ0) is 18.4. The molecule has 0 radical (unpaired) electrons. The summed E-state index contributed by atoms with van der Waals surface area (Å²) in [6, 6.07) is 13.2. The maximum Gasteiger partial charge on any atom is 0.251 e. The van der Waals surface area contributed by atoms with Crippen LogP contribution in [0.25, 0.3) is 11.3 Å². The molecule has 0 aliphatic rings. The highest BCUT2D eigenvalue weighted by Crippen LogP contribution is 2.21. The van der Waals surface area contributed by atoms with Crippen molar-refractivity contribution in [2.75, 3.05) is 19.4 Å². The first-order valence-corrected chi connectivity index (χ1v) is 9.00. The van der Waals surface area contributed by atoms with Crippen LogP contribution in [0.5, 0.6) is 5.75 Å². The van der Waals surface area contributed by atoms with E-state index in [1.54, 1.807) is 49.7 Å². The number of aromatic amines is 1. The van der Waals surface area contributed by atoms with Gasteiger partial charge < -0.3 is 15.0 Å². The Balaban J connectivity index is 1.46. The van der Waals surface area contributed by atoms with Gasteiger partial charge >= 0.3 is 0 Å². The molecule has 2 N–H and O–H groups in total. The Labute approximate surface area is 155 Å². The van der Waals surface area contributed by atoms with Crippen molar-refractivity contribution in [1.29, 1.82) is 0 Å². The minimum absolute atomic E-state index is 0.125. The lowest BCUT2D eigenvalue weighted by Crippen LogP contribution is -2.25. The average molecular weight is 371 g/mol. The molecule has 0 bridgehead atoms. The van der Waals surface area contributed by atoms with Crippen molar-refractivity contribution in [2.24, 2.45) is 0 Å². The summed E-state index contributed by atoms with van der Waals surface area (Å²) in [5.41, 5.74) is 2.29. The number of aromatic nitrogens is 2. The van der Waals surface area contributed by atoms with Gasteiger partial charge in [-0.1, -0.05) is 11.8 Å². The lowest BCUT2D eigenvalue weighted by Gasteiger charge is -2.05. The quantitative estimate of drug-likeness (QED) is 0.490. The zero-order valence-electron chi connectivity index (χ0n) is 14.2. The maximum absolute atomic E-state index is 13.0. The van der Waals surface area contributed by atoms with Crippen LogP contribution >= 0.6 is 11.8 Å². The number of halogens is 1. The van der Waals surface area contributed by atoms with Crippen LogP contribution in [-0.4, -0.2) is 35.3 Å². The molecule has 0 aliphatic heterocycles. The first kappa shape index (κ1) is 18.0. The van der Waals surface area contributed by atoms with Gasteiger partial charge in [-0.3, -0.25) is 4.79 Å². The van der Waals surface area contributed by atoms with E-state index >= 15 is 0 Å². The van der Waals surface area contributed by atoms with E-state index in [-0.39, 0.29) is 11.7 Å². The van der Waals surface area contributed by atoms with Crippen molar-refractivity contribution in [3.63, 3.8) is 0 Å². The monoisotopic (exact) mass is 371 g/mol. The van der Waals surface area contributed by atoms with Gasteiger partial charge in [0, 0.05) is 17.9 Å². The fourth-order valence-corrected chi connectivity index (χ4v) is 3.02. The smallest absolute Gasteiger partial charge is 0.251 e. The number of benzene rings is 2. The second-order valence-corrected chi connectivity index (χ2v) is 6.53. The van der Waals surface area contributed by atoms with Gasteiger partial charge in [0.05, 0.1) is 19.0 Å². The molecule has 0 spiro atoms. The van der Waals surface area contributed by atoms with Crippen molar-refractivity contribution in [2.45, 2.75) is 5.16 Å². The maximum atomic E-state index is 13.0. The third kappa shape index (κ3) is 4.64. The predicted octanol–water partition coefficient (Wildman–Crippen LogP) is 3.75. The fourth-order valence-electron chi connectivity index (χ4n) is 2.31. The largest absolute Gasteiger partial charge is 0.497 e. The molecular formula is C19H18FN3O2S. The van der Waals surface area contributed by atoms with Gasteiger partial charge in [0.1, 0.15) is 11.6 Å². The number of H-pyrrole nitrogens is 1. The Kier molecular flexibility index (Phi) is 5.91. The van der Waals surface area contributed by atoms with Crippen LogP contribution in [-0.2, 0) is 0 Å². The Morgan fingerprint density at radius 2 is 1.92 bits per heavy atom. The normalized spacial score (nSPS) is 10.5. The SMILES string of the molecule is COc1ccc(C(=O)NCCSc2ncc(-c3ccc(F)cc3)[nH]2)cc1. The molecule has 1 heterocycles. The van der Waals surface area contributed by atoms with Crippen LogP contribution in [0.1, 0.15) is 10.4 Å². The van der Waals surface area contributed by atoms with Gasteiger partial charge in [0.2, 0.25) is 0 Å². The van der Waals surface area contributed by atoms with Crippen molar-refractivity contribution in [3.8, 4) is 17.0 Å². The van der Waals surface area contributed by atoms with Crippen LogP contribution in [0, 0.1) is 5.82 Å². The molecule has 0 unspecified atom stereocenters. The number of thioether (sulfide) groups is 1. The molecule has 26 heavy (non-hydrogen) atoms. The van der Waals surface area contributed by atoms with Gasteiger partial charge in [0.15, 0.2) is 5.16 Å². The molecule has 3 rings (SSSR count).